The molecule has 0 unspecified atom stereocenters. The number of fused-ring (bicyclic) bond motifs is 2. The van der Waals surface area contributed by atoms with Crippen molar-refractivity contribution in [2.75, 3.05) is 47.7 Å². The van der Waals surface area contributed by atoms with E-state index in [0.29, 0.717) is 0 Å². The molecule has 0 spiro atoms. The monoisotopic (exact) mass is 884 g/mol. The summed E-state index contributed by atoms with van der Waals surface area (Å²) in [6.45, 7) is 5.14. The summed E-state index contributed by atoms with van der Waals surface area (Å²) in [5.74, 6) is -2.62. The number of carbonyl (C=O) groups is 3. The van der Waals surface area contributed by atoms with Crippen LogP contribution >= 0.6 is 0 Å². The van der Waals surface area contributed by atoms with Gasteiger partial charge in [0.05, 0.1) is 43.4 Å². The Hall–Kier alpha value is -3.29. The lowest BCUT2D eigenvalue weighted by Crippen LogP contribution is -2.64. The van der Waals surface area contributed by atoms with E-state index in [9.17, 15) is 55.2 Å². The highest BCUT2D eigenvalue weighted by molar-refractivity contribution is 6.23. The molecule has 0 aromatic carbocycles. The van der Waals surface area contributed by atoms with Crippen LogP contribution in [0.2, 0.25) is 0 Å². The zero-order valence-electron chi connectivity index (χ0n) is 36.0. The van der Waals surface area contributed by atoms with Crippen molar-refractivity contribution >= 4 is 17.5 Å². The maximum Gasteiger partial charge on any atom is 0.251 e. The molecular weight excluding hydrogens is 820 g/mol. The Morgan fingerprint density at radius 3 is 2.11 bits per heavy atom. The van der Waals surface area contributed by atoms with Crippen molar-refractivity contribution in [3.05, 3.63) is 58.5 Å². The third-order valence-corrected chi connectivity index (χ3v) is 11.5. The quantitative estimate of drug-likeness (QED) is 0.0553. The van der Waals surface area contributed by atoms with Gasteiger partial charge in [-0.1, -0.05) is 38.2 Å². The lowest BCUT2D eigenvalue weighted by molar-refractivity contribution is -0.359. The molecule has 20 heteroatoms. The van der Waals surface area contributed by atoms with Crippen LogP contribution in [0.15, 0.2) is 58.5 Å². The van der Waals surface area contributed by atoms with Crippen LogP contribution in [0.5, 0.6) is 0 Å². The summed E-state index contributed by atoms with van der Waals surface area (Å²) in [5.41, 5.74) is 0.755. The van der Waals surface area contributed by atoms with Gasteiger partial charge in [-0.25, -0.2) is 0 Å². The zero-order chi connectivity index (χ0) is 46.0. The number of methoxy groups -OCH3 is 3. The lowest BCUT2D eigenvalue weighted by Gasteiger charge is -2.45. The minimum absolute atomic E-state index is 0.0281. The van der Waals surface area contributed by atoms with E-state index in [-0.39, 0.29) is 54.5 Å². The number of ketones is 2. The summed E-state index contributed by atoms with van der Waals surface area (Å²) >= 11 is 0. The third kappa shape index (κ3) is 12.3. The standard InChI is InChI=1S/C42H64N2O18/c1-19-13-23-30(43-11-12-59-41-37(54)35(52)39(29(18-46)61-41)62-42-36(53)34(51)33(50)28(17-45)60-42)25(47)16-24(32(23)49)44-40(55)20(2)9-8-10-26(56-5)38(58-7)22(4)15-21(3)31(48)27(14-19)57-6/h8-10,15-16,19,21,26-29,31,33-39,41-43,45-46,48,50-54H,11-14,17-18H2,1-7H3,(H,44,55)/b10-8+,20-9-,22-15-/t19-,21+,26+,27+,28-,29-,31-,33+,34+,35-,36-,37-,38-,39-,41-,42+/m1/s1. The molecule has 4 rings (SSSR count). The molecule has 3 heterocycles. The number of hydrogen-bond donors (Lipinski definition) is 10. The minimum Gasteiger partial charge on any atom is -0.394 e. The Balaban J connectivity index is 1.52. The smallest absolute Gasteiger partial charge is 0.251 e. The maximum absolute atomic E-state index is 14.1. The van der Waals surface area contributed by atoms with Crippen molar-refractivity contribution in [3.63, 3.8) is 0 Å². The summed E-state index contributed by atoms with van der Waals surface area (Å²) in [6.07, 6.45) is -11.1. The van der Waals surface area contributed by atoms with Crippen LogP contribution in [0.3, 0.4) is 0 Å². The molecule has 1 aliphatic carbocycles. The molecule has 1 amide bonds. The molecule has 350 valence electrons. The van der Waals surface area contributed by atoms with Crippen LogP contribution < -0.4 is 10.6 Å². The van der Waals surface area contributed by atoms with Crippen molar-refractivity contribution in [1.82, 2.24) is 10.6 Å². The topological polar surface area (TPSA) is 302 Å². The normalized spacial score (nSPS) is 40.5. The average molecular weight is 885 g/mol. The predicted octanol–water partition coefficient (Wildman–Crippen LogP) is -2.46. The number of allylic oxidation sites excluding steroid dienone is 4. The first-order chi connectivity index (χ1) is 29.4. The average Bonchev–Trinajstić information content (AvgIpc) is 3.24. The van der Waals surface area contributed by atoms with Gasteiger partial charge in [-0.3, -0.25) is 14.4 Å². The van der Waals surface area contributed by atoms with Crippen molar-refractivity contribution in [2.24, 2.45) is 11.8 Å². The molecule has 62 heavy (non-hydrogen) atoms. The minimum atomic E-state index is -1.83. The molecule has 3 aliphatic heterocycles. The molecule has 0 aromatic rings. The summed E-state index contributed by atoms with van der Waals surface area (Å²) in [4.78, 5) is 41.0. The highest BCUT2D eigenvalue weighted by Gasteiger charge is 2.51. The molecular formula is C42H64N2O18. The number of aliphatic hydroxyl groups excluding tert-OH is 8. The van der Waals surface area contributed by atoms with E-state index >= 15 is 0 Å². The second-order valence-corrected chi connectivity index (χ2v) is 16.0. The number of carbonyl (C=O) groups excluding carboxylic acids is 3. The fourth-order valence-electron chi connectivity index (χ4n) is 7.86. The molecule has 0 saturated carbocycles. The molecule has 2 bridgehead atoms. The Morgan fingerprint density at radius 2 is 1.48 bits per heavy atom. The number of Topliss-reactive ketones (excluding diaryl/α,β-unsaturated/α-hetero) is 1. The van der Waals surface area contributed by atoms with Crippen molar-refractivity contribution in [2.45, 2.75) is 126 Å². The summed E-state index contributed by atoms with van der Waals surface area (Å²) in [5, 5.41) is 89.0. The van der Waals surface area contributed by atoms with Crippen molar-refractivity contribution < 1.29 is 88.4 Å². The van der Waals surface area contributed by atoms with Gasteiger partial charge in [0.15, 0.2) is 12.6 Å². The first-order valence-electron chi connectivity index (χ1n) is 20.5. The van der Waals surface area contributed by atoms with Crippen molar-refractivity contribution in [1.29, 1.82) is 0 Å². The van der Waals surface area contributed by atoms with Crippen LogP contribution in [0.25, 0.3) is 0 Å². The van der Waals surface area contributed by atoms with Crippen LogP contribution in [-0.2, 0) is 47.5 Å². The third-order valence-electron chi connectivity index (χ3n) is 11.5. The zero-order valence-corrected chi connectivity index (χ0v) is 36.0. The van der Waals surface area contributed by atoms with Gasteiger partial charge in [0.25, 0.3) is 5.91 Å². The Morgan fingerprint density at radius 1 is 0.823 bits per heavy atom. The summed E-state index contributed by atoms with van der Waals surface area (Å²) in [7, 11) is 4.53. The highest BCUT2D eigenvalue weighted by Crippen LogP contribution is 2.31. The van der Waals surface area contributed by atoms with Crippen LogP contribution in [-0.4, -0.2) is 192 Å². The summed E-state index contributed by atoms with van der Waals surface area (Å²) < 4.78 is 39.4. The number of rotatable bonds is 12. The number of aliphatic hydroxyl groups is 8. The van der Waals surface area contributed by atoms with E-state index in [1.807, 2.05) is 26.8 Å². The maximum atomic E-state index is 14.1. The van der Waals surface area contributed by atoms with E-state index in [2.05, 4.69) is 10.6 Å². The number of ether oxygens (including phenoxy) is 7. The molecule has 10 N–H and O–H groups in total. The van der Waals surface area contributed by atoms with Gasteiger partial charge in [0.2, 0.25) is 11.6 Å². The second kappa shape index (κ2) is 23.6. The van der Waals surface area contributed by atoms with Crippen LogP contribution in [0.1, 0.15) is 40.5 Å². The first kappa shape index (κ1) is 51.3. The lowest BCUT2D eigenvalue weighted by atomic mass is 9.85. The van der Waals surface area contributed by atoms with Crippen LogP contribution in [0, 0.1) is 11.8 Å². The molecule has 0 radical (unpaired) electrons. The first-order valence-corrected chi connectivity index (χ1v) is 20.5. The highest BCUT2D eigenvalue weighted by atomic mass is 16.7. The van der Waals surface area contributed by atoms with E-state index in [1.54, 1.807) is 26.2 Å². The van der Waals surface area contributed by atoms with Gasteiger partial charge in [-0.05, 0) is 38.2 Å². The SMILES string of the molecule is CO[C@H]1/C=C/C=C(/C)C(=O)NC2=CC(=O)C(NCCO[C@@H]3O[C@H](CO)[C@@H](O[C@@H]4O[C@H](CO)[C@H](O)[C@H](O)[C@H]4O)[C@H](O)[C@H]3O)=C(C[C@@H](C)C[C@H](OC)[C@H](O)[C@@H](C)/C=C(/C)[C@H]1OC)C2=O. The predicted molar refractivity (Wildman–Crippen MR) is 216 cm³/mol. The van der Waals surface area contributed by atoms with Gasteiger partial charge >= 0.3 is 0 Å². The van der Waals surface area contributed by atoms with Gasteiger partial charge in [-0.15, -0.1) is 0 Å². The largest absolute Gasteiger partial charge is 0.394 e. The summed E-state index contributed by atoms with van der Waals surface area (Å²) in [6, 6.07) is 0. The van der Waals surface area contributed by atoms with Gasteiger partial charge in [-0.2, -0.15) is 0 Å². The molecule has 2 fully saturated rings. The fraction of sp³-hybridized carbons (Fsp3) is 0.690. The molecule has 2 saturated heterocycles. The van der Waals surface area contributed by atoms with Gasteiger partial charge < -0.3 is 84.6 Å². The second-order valence-electron chi connectivity index (χ2n) is 16.0. The van der Waals surface area contributed by atoms with E-state index in [0.717, 1.165) is 11.6 Å². The van der Waals surface area contributed by atoms with Gasteiger partial charge in [0, 0.05) is 51.0 Å². The van der Waals surface area contributed by atoms with E-state index < -0.39 is 122 Å². The Bertz CT molecular complexity index is 1690. The van der Waals surface area contributed by atoms with Gasteiger partial charge in [0.1, 0.15) is 61.0 Å². The molecule has 20 nitrogen and oxygen atoms in total. The molecule has 4 aliphatic rings. The number of amides is 1. The van der Waals surface area contributed by atoms with E-state index in [1.165, 1.54) is 20.3 Å². The number of nitrogens with one attached hydrogen (secondary N) is 2. The Kier molecular flexibility index (Phi) is 19.5. The molecule has 16 atom stereocenters. The Labute approximate surface area is 360 Å². The van der Waals surface area contributed by atoms with E-state index in [4.69, 9.17) is 33.2 Å². The fourth-order valence-corrected chi connectivity index (χ4v) is 7.86. The van der Waals surface area contributed by atoms with Crippen LogP contribution in [0.4, 0.5) is 0 Å². The number of hydrogen-bond acceptors (Lipinski definition) is 19. The molecule has 0 aromatic heterocycles. The van der Waals surface area contributed by atoms with Crippen molar-refractivity contribution in [3.8, 4) is 0 Å².